The van der Waals surface area contributed by atoms with Gasteiger partial charge < -0.3 is 0 Å². The van der Waals surface area contributed by atoms with E-state index in [1.54, 1.807) is 0 Å². The Morgan fingerprint density at radius 2 is 1.87 bits per heavy atom. The molecule has 2 aromatic carbocycles. The molecule has 2 aliphatic carbocycles. The Labute approximate surface area is 188 Å². The first-order valence-electron chi connectivity index (χ1n) is 11.5. The third-order valence-corrected chi connectivity index (χ3v) is 7.77. The zero-order valence-corrected chi connectivity index (χ0v) is 18.7. The van der Waals surface area contributed by atoms with Gasteiger partial charge in [-0.25, -0.2) is 0 Å². The van der Waals surface area contributed by atoms with Crippen LogP contribution in [0.3, 0.4) is 0 Å². The van der Waals surface area contributed by atoms with E-state index in [1.807, 2.05) is 10.6 Å². The summed E-state index contributed by atoms with van der Waals surface area (Å²) in [5.41, 5.74) is 5.16. The summed E-state index contributed by atoms with van der Waals surface area (Å²) in [5, 5.41) is 0. The second-order valence-corrected chi connectivity index (χ2v) is 9.72. The van der Waals surface area contributed by atoms with Crippen LogP contribution in [0.15, 0.2) is 83.7 Å². The van der Waals surface area contributed by atoms with Crippen LogP contribution >= 0.6 is 11.3 Å². The molecule has 0 radical (unpaired) electrons. The highest BCUT2D eigenvalue weighted by Crippen LogP contribution is 2.37. The van der Waals surface area contributed by atoms with Gasteiger partial charge in [0, 0.05) is 17.3 Å². The molecule has 0 spiro atoms. The van der Waals surface area contributed by atoms with Crippen molar-refractivity contribution < 1.29 is 0 Å². The lowest BCUT2D eigenvalue weighted by molar-refractivity contribution is 0.419. The molecule has 0 saturated heterocycles. The van der Waals surface area contributed by atoms with E-state index in [0.29, 0.717) is 5.92 Å². The van der Waals surface area contributed by atoms with E-state index in [-0.39, 0.29) is 4.87 Å². The van der Waals surface area contributed by atoms with E-state index in [2.05, 4.69) is 72.8 Å². The maximum absolute atomic E-state index is 13.0. The van der Waals surface area contributed by atoms with Crippen LogP contribution in [0.5, 0.6) is 0 Å². The van der Waals surface area contributed by atoms with Crippen molar-refractivity contribution in [1.29, 1.82) is 0 Å². The normalized spacial score (nSPS) is 18.3. The van der Waals surface area contributed by atoms with Gasteiger partial charge in [0.15, 0.2) is 0 Å². The van der Waals surface area contributed by atoms with Gasteiger partial charge in [-0.15, -0.1) is 0 Å². The third-order valence-electron chi connectivity index (χ3n) is 6.66. The lowest BCUT2D eigenvalue weighted by Crippen LogP contribution is -2.15. The topological polar surface area (TPSA) is 22.0 Å². The van der Waals surface area contributed by atoms with Crippen LogP contribution in [0.2, 0.25) is 0 Å². The Kier molecular flexibility index (Phi) is 6.04. The van der Waals surface area contributed by atoms with Gasteiger partial charge in [0.2, 0.25) is 0 Å². The molecule has 1 fully saturated rings. The smallest absolute Gasteiger partial charge is 0.298 e. The summed E-state index contributed by atoms with van der Waals surface area (Å²) in [6.45, 7) is 0.763. The summed E-state index contributed by atoms with van der Waals surface area (Å²) in [7, 11) is 0. The Morgan fingerprint density at radius 3 is 2.61 bits per heavy atom. The number of hydrogen-bond donors (Lipinski definition) is 0. The number of rotatable bonds is 7. The number of thiazole rings is 1. The predicted octanol–water partition coefficient (Wildman–Crippen LogP) is 7.08. The lowest BCUT2D eigenvalue weighted by Gasteiger charge is -2.26. The zero-order valence-electron chi connectivity index (χ0n) is 17.9. The van der Waals surface area contributed by atoms with E-state index in [0.717, 1.165) is 43.0 Å². The van der Waals surface area contributed by atoms with Crippen LogP contribution in [-0.4, -0.2) is 4.57 Å². The molecule has 31 heavy (non-hydrogen) atoms. The second kappa shape index (κ2) is 9.23. The summed E-state index contributed by atoms with van der Waals surface area (Å²) in [5.74, 6) is 1.06. The zero-order chi connectivity index (χ0) is 21.0. The summed E-state index contributed by atoms with van der Waals surface area (Å²) < 4.78 is 2.03. The fourth-order valence-corrected chi connectivity index (χ4v) is 5.86. The second-order valence-electron chi connectivity index (χ2n) is 8.73. The van der Waals surface area contributed by atoms with Crippen molar-refractivity contribution >= 4 is 11.3 Å². The van der Waals surface area contributed by atoms with E-state index in [1.165, 1.54) is 46.6 Å². The van der Waals surface area contributed by atoms with Crippen molar-refractivity contribution in [3.05, 3.63) is 105 Å². The molecule has 5 rings (SSSR count). The maximum atomic E-state index is 13.0. The number of nitrogens with zero attached hydrogens (tertiary/aromatic N) is 1. The number of allylic oxidation sites excluding steroid dienone is 4. The first kappa shape index (κ1) is 20.3. The SMILES string of the molecule is O=c1sc(C2C=CC=CC2)c(-c2ccccc2)n1CCCc1cccc(C2CCC2)c1. The van der Waals surface area contributed by atoms with E-state index in [9.17, 15) is 4.79 Å². The number of aryl methyl sites for hydroxylation is 1. The molecule has 3 aromatic rings. The Morgan fingerprint density at radius 1 is 1.00 bits per heavy atom. The van der Waals surface area contributed by atoms with Gasteiger partial charge in [-0.3, -0.25) is 9.36 Å². The van der Waals surface area contributed by atoms with Crippen molar-refractivity contribution in [2.45, 2.75) is 56.9 Å². The summed E-state index contributed by atoms with van der Waals surface area (Å²) in [4.78, 5) is 14.4. The molecule has 0 bridgehead atoms. The molecule has 1 heterocycles. The highest BCUT2D eigenvalue weighted by molar-refractivity contribution is 7.09. The van der Waals surface area contributed by atoms with Gasteiger partial charge >= 0.3 is 4.87 Å². The van der Waals surface area contributed by atoms with E-state index < -0.39 is 0 Å². The minimum atomic E-state index is 0.167. The molecule has 2 aliphatic rings. The molecule has 2 nitrogen and oxygen atoms in total. The highest BCUT2D eigenvalue weighted by Gasteiger charge is 2.22. The third kappa shape index (κ3) is 4.38. The first-order chi connectivity index (χ1) is 15.3. The fraction of sp³-hybridized carbons (Fsp3) is 0.321. The quantitative estimate of drug-likeness (QED) is 0.395. The number of hydrogen-bond acceptors (Lipinski definition) is 2. The van der Waals surface area contributed by atoms with Crippen molar-refractivity contribution in [2.24, 2.45) is 0 Å². The van der Waals surface area contributed by atoms with Crippen molar-refractivity contribution in [1.82, 2.24) is 4.57 Å². The summed E-state index contributed by atoms with van der Waals surface area (Å²) >= 11 is 1.43. The van der Waals surface area contributed by atoms with Crippen LogP contribution in [0.25, 0.3) is 11.3 Å². The lowest BCUT2D eigenvalue weighted by atomic mass is 9.79. The molecule has 1 aromatic heterocycles. The molecular weight excluding hydrogens is 398 g/mol. The highest BCUT2D eigenvalue weighted by atomic mass is 32.1. The van der Waals surface area contributed by atoms with Crippen LogP contribution < -0.4 is 4.87 Å². The standard InChI is InChI=1S/C28H29NOS/c30-28-29(19-9-11-21-10-7-18-25(20-21)22-16-8-17-22)26(23-12-3-1-4-13-23)27(31-28)24-14-5-2-6-15-24/h1-7,10,12-14,18,20,22,24H,8-9,11,15-17,19H2. The largest absolute Gasteiger partial charge is 0.307 e. The van der Waals surface area contributed by atoms with Crippen LogP contribution in [0, 0.1) is 0 Å². The van der Waals surface area contributed by atoms with Gasteiger partial charge in [-0.1, -0.05) is 96.7 Å². The first-order valence-corrected chi connectivity index (χ1v) is 12.3. The maximum Gasteiger partial charge on any atom is 0.307 e. The monoisotopic (exact) mass is 427 g/mol. The Balaban J connectivity index is 1.38. The fourth-order valence-electron chi connectivity index (χ4n) is 4.73. The minimum absolute atomic E-state index is 0.167. The molecule has 0 amide bonds. The van der Waals surface area contributed by atoms with Gasteiger partial charge in [-0.05, 0) is 54.7 Å². The predicted molar refractivity (Wildman–Crippen MR) is 131 cm³/mol. The minimum Gasteiger partial charge on any atom is -0.298 e. The Hall–Kier alpha value is -2.65. The van der Waals surface area contributed by atoms with E-state index in [4.69, 9.17) is 0 Å². The van der Waals surface area contributed by atoms with Gasteiger partial charge in [0.05, 0.1) is 5.69 Å². The molecule has 158 valence electrons. The summed E-state index contributed by atoms with van der Waals surface area (Å²) in [6.07, 6.45) is 15.6. The molecule has 3 heteroatoms. The van der Waals surface area contributed by atoms with E-state index >= 15 is 0 Å². The molecular formula is C28H29NOS. The van der Waals surface area contributed by atoms with Crippen molar-refractivity contribution in [2.75, 3.05) is 0 Å². The van der Waals surface area contributed by atoms with Crippen LogP contribution in [0.4, 0.5) is 0 Å². The van der Waals surface area contributed by atoms with Gasteiger partial charge in [0.1, 0.15) is 0 Å². The molecule has 1 unspecified atom stereocenters. The average molecular weight is 428 g/mol. The average Bonchev–Trinajstić information content (AvgIpc) is 3.10. The van der Waals surface area contributed by atoms with Crippen molar-refractivity contribution in [3.8, 4) is 11.3 Å². The number of aromatic nitrogens is 1. The number of benzene rings is 2. The molecule has 1 atom stereocenters. The van der Waals surface area contributed by atoms with Gasteiger partial charge in [-0.2, -0.15) is 0 Å². The summed E-state index contributed by atoms with van der Waals surface area (Å²) in [6, 6.07) is 19.5. The Bertz CT molecular complexity index is 1150. The van der Waals surface area contributed by atoms with Gasteiger partial charge in [0.25, 0.3) is 0 Å². The van der Waals surface area contributed by atoms with Crippen LogP contribution in [0.1, 0.15) is 59.9 Å². The molecule has 0 N–H and O–H groups in total. The molecule has 0 aliphatic heterocycles. The molecule has 1 saturated carbocycles. The van der Waals surface area contributed by atoms with Crippen molar-refractivity contribution in [3.63, 3.8) is 0 Å². The van der Waals surface area contributed by atoms with Crippen LogP contribution in [-0.2, 0) is 13.0 Å².